The molecule has 0 aliphatic heterocycles. The van der Waals surface area contributed by atoms with Crippen molar-refractivity contribution < 1.29 is 0 Å². The Bertz CT molecular complexity index is 3580. The molecular formula is C64H44. The van der Waals surface area contributed by atoms with E-state index in [-0.39, 0.29) is 0 Å². The average molecular weight is 813 g/mol. The molecule has 0 bridgehead atoms. The predicted molar refractivity (Wildman–Crippen MR) is 274 cm³/mol. The summed E-state index contributed by atoms with van der Waals surface area (Å²) in [5.41, 5.74) is 23.3. The number of allylic oxidation sites excluding steroid dienone is 2. The number of benzene rings is 10. The van der Waals surface area contributed by atoms with Crippen LogP contribution in [0.3, 0.4) is 0 Å². The summed E-state index contributed by atoms with van der Waals surface area (Å²) >= 11 is 0. The number of fused-ring (bicyclic) bond motifs is 16. The molecular weight excluding hydrogens is 769 g/mol. The highest BCUT2D eigenvalue weighted by Crippen LogP contribution is 2.65. The van der Waals surface area contributed by atoms with E-state index in [9.17, 15) is 0 Å². The molecule has 0 heterocycles. The first-order chi connectivity index (χ1) is 31.7. The van der Waals surface area contributed by atoms with Gasteiger partial charge in [0.1, 0.15) is 0 Å². The van der Waals surface area contributed by atoms with Crippen LogP contribution in [0.25, 0.3) is 106 Å². The summed E-state index contributed by atoms with van der Waals surface area (Å²) in [7, 11) is 0. The molecule has 300 valence electrons. The zero-order valence-electron chi connectivity index (χ0n) is 35.8. The van der Waals surface area contributed by atoms with E-state index in [0.29, 0.717) is 0 Å². The van der Waals surface area contributed by atoms with Crippen LogP contribution >= 0.6 is 0 Å². The van der Waals surface area contributed by atoms with Crippen molar-refractivity contribution in [2.75, 3.05) is 0 Å². The van der Waals surface area contributed by atoms with Crippen LogP contribution in [0.1, 0.15) is 57.9 Å². The van der Waals surface area contributed by atoms with Crippen molar-refractivity contribution in [3.8, 4) is 55.6 Å². The maximum absolute atomic E-state index is 4.08. The monoisotopic (exact) mass is 812 g/mol. The van der Waals surface area contributed by atoms with Gasteiger partial charge in [-0.05, 0) is 164 Å². The van der Waals surface area contributed by atoms with E-state index in [1.807, 2.05) is 6.08 Å². The molecule has 0 nitrogen and oxygen atoms in total. The number of hydrogen-bond donors (Lipinski definition) is 0. The van der Waals surface area contributed by atoms with Crippen molar-refractivity contribution in [3.05, 3.63) is 245 Å². The molecule has 0 atom stereocenters. The third-order valence-corrected chi connectivity index (χ3v) is 14.6. The van der Waals surface area contributed by atoms with Crippen molar-refractivity contribution in [1.29, 1.82) is 0 Å². The van der Waals surface area contributed by atoms with Crippen molar-refractivity contribution in [1.82, 2.24) is 0 Å². The van der Waals surface area contributed by atoms with Crippen LogP contribution in [0.5, 0.6) is 0 Å². The third-order valence-electron chi connectivity index (χ3n) is 14.6. The fourth-order valence-corrected chi connectivity index (χ4v) is 12.0. The van der Waals surface area contributed by atoms with Crippen LogP contribution in [0, 0.1) is 0 Å². The van der Waals surface area contributed by atoms with E-state index in [1.54, 1.807) is 0 Å². The van der Waals surface area contributed by atoms with Crippen LogP contribution in [0.2, 0.25) is 0 Å². The molecule has 0 amide bonds. The van der Waals surface area contributed by atoms with Gasteiger partial charge in [0.25, 0.3) is 0 Å². The summed E-state index contributed by atoms with van der Waals surface area (Å²) in [6.07, 6.45) is 13.2. The molecule has 0 aromatic heterocycles. The molecule has 64 heavy (non-hydrogen) atoms. The van der Waals surface area contributed by atoms with Crippen LogP contribution in [-0.2, 0) is 11.8 Å². The molecule has 10 aromatic carbocycles. The standard InChI is InChI=1S/C64H44/c1-3-15-44-39-47(31-26-40(44)4-2)61-54-22-9-7-20-52(54)60(53-21-8-10-23-55(53)61)43-29-27-41(28-30-43)45-33-35-49-46(38-45)34-37-57-56-36-32-42-16-5-6-17-48(42)62(56)64(63(49)57)58-24-13-11-18-50(58)51-19-12-14-25-59(51)64/h3-4,6-15,17-39H,2,5,16H2,1H3/b15-3-. The molecule has 0 heteroatoms. The van der Waals surface area contributed by atoms with Crippen LogP contribution in [0.15, 0.2) is 201 Å². The highest BCUT2D eigenvalue weighted by molar-refractivity contribution is 6.21. The van der Waals surface area contributed by atoms with Gasteiger partial charge in [-0.2, -0.15) is 0 Å². The second-order valence-corrected chi connectivity index (χ2v) is 17.7. The summed E-state index contributed by atoms with van der Waals surface area (Å²) in [6, 6.07) is 69.0. The van der Waals surface area contributed by atoms with Gasteiger partial charge in [-0.15, -0.1) is 0 Å². The van der Waals surface area contributed by atoms with E-state index >= 15 is 0 Å². The Morgan fingerprint density at radius 2 is 1.05 bits per heavy atom. The SMILES string of the molecule is C=Cc1ccc(-c2c3ccccc3c(-c3ccc(-c4ccc5c6c(ccc5c4)-c4ccc5c(c4C64c6ccccc6-c6ccccc64)C=CCC5)cc3)c3ccccc23)cc1/C=C\C. The van der Waals surface area contributed by atoms with Crippen molar-refractivity contribution in [2.24, 2.45) is 0 Å². The number of rotatable bonds is 5. The zero-order chi connectivity index (χ0) is 42.5. The van der Waals surface area contributed by atoms with Gasteiger partial charge in [0.15, 0.2) is 0 Å². The van der Waals surface area contributed by atoms with Gasteiger partial charge >= 0.3 is 0 Å². The summed E-state index contributed by atoms with van der Waals surface area (Å²) in [5, 5.41) is 7.61. The largest absolute Gasteiger partial charge is 0.0984 e. The van der Waals surface area contributed by atoms with Gasteiger partial charge < -0.3 is 0 Å². The molecule has 0 saturated carbocycles. The highest BCUT2D eigenvalue weighted by Gasteiger charge is 2.53. The van der Waals surface area contributed by atoms with Gasteiger partial charge in [-0.1, -0.05) is 207 Å². The van der Waals surface area contributed by atoms with Gasteiger partial charge in [0.2, 0.25) is 0 Å². The Hall–Kier alpha value is -7.80. The number of aryl methyl sites for hydroxylation is 1. The Labute approximate surface area is 374 Å². The van der Waals surface area contributed by atoms with Gasteiger partial charge in [-0.3, -0.25) is 0 Å². The lowest BCUT2D eigenvalue weighted by atomic mass is 9.67. The Morgan fingerprint density at radius 3 is 1.72 bits per heavy atom. The molecule has 3 aliphatic carbocycles. The number of hydrogen-bond acceptors (Lipinski definition) is 0. The normalized spacial score (nSPS) is 14.0. The molecule has 1 spiro atoms. The minimum atomic E-state index is -0.404. The fraction of sp³-hybridized carbons (Fsp3) is 0.0625. The minimum absolute atomic E-state index is 0.404. The van der Waals surface area contributed by atoms with E-state index in [1.165, 1.54) is 127 Å². The molecule has 0 unspecified atom stereocenters. The average Bonchev–Trinajstić information content (AvgIpc) is 3.83. The molecule has 0 radical (unpaired) electrons. The van der Waals surface area contributed by atoms with Gasteiger partial charge in [-0.25, -0.2) is 0 Å². The topological polar surface area (TPSA) is 0 Å². The van der Waals surface area contributed by atoms with E-state index in [2.05, 4.69) is 220 Å². The van der Waals surface area contributed by atoms with Gasteiger partial charge in [0.05, 0.1) is 5.41 Å². The summed E-state index contributed by atoms with van der Waals surface area (Å²) < 4.78 is 0. The molecule has 0 N–H and O–H groups in total. The van der Waals surface area contributed by atoms with E-state index in [4.69, 9.17) is 0 Å². The maximum Gasteiger partial charge on any atom is 0.0737 e. The lowest BCUT2D eigenvalue weighted by Crippen LogP contribution is -2.27. The Balaban J connectivity index is 0.963. The van der Waals surface area contributed by atoms with Crippen molar-refractivity contribution in [3.63, 3.8) is 0 Å². The van der Waals surface area contributed by atoms with Crippen molar-refractivity contribution >= 4 is 50.5 Å². The maximum atomic E-state index is 4.08. The Kier molecular flexibility index (Phi) is 8.12. The van der Waals surface area contributed by atoms with E-state index < -0.39 is 5.41 Å². The third kappa shape index (κ3) is 5.06. The molecule has 0 fully saturated rings. The summed E-state index contributed by atoms with van der Waals surface area (Å²) in [5.74, 6) is 0. The quantitative estimate of drug-likeness (QED) is 0.152. The van der Waals surface area contributed by atoms with Crippen molar-refractivity contribution in [2.45, 2.75) is 25.2 Å². The first-order valence-corrected chi connectivity index (χ1v) is 22.7. The fourth-order valence-electron chi connectivity index (χ4n) is 12.0. The lowest BCUT2D eigenvalue weighted by molar-refractivity contribution is 0.793. The first kappa shape index (κ1) is 36.8. The zero-order valence-corrected chi connectivity index (χ0v) is 35.8. The predicted octanol–water partition coefficient (Wildman–Crippen LogP) is 17.1. The lowest BCUT2D eigenvalue weighted by Gasteiger charge is -2.33. The summed E-state index contributed by atoms with van der Waals surface area (Å²) in [6.45, 7) is 6.15. The smallest absolute Gasteiger partial charge is 0.0737 e. The van der Waals surface area contributed by atoms with E-state index in [0.717, 1.165) is 18.4 Å². The minimum Gasteiger partial charge on any atom is -0.0984 e. The summed E-state index contributed by atoms with van der Waals surface area (Å²) in [4.78, 5) is 0. The van der Waals surface area contributed by atoms with Crippen LogP contribution < -0.4 is 0 Å². The van der Waals surface area contributed by atoms with Gasteiger partial charge in [0, 0.05) is 0 Å². The molecule has 0 saturated heterocycles. The Morgan fingerprint density at radius 1 is 0.469 bits per heavy atom. The molecule has 13 rings (SSSR count). The molecule has 10 aromatic rings. The highest BCUT2D eigenvalue weighted by atomic mass is 14.5. The first-order valence-electron chi connectivity index (χ1n) is 22.7. The molecule has 3 aliphatic rings. The second-order valence-electron chi connectivity index (χ2n) is 17.7. The second kappa shape index (κ2) is 14.1. The van der Waals surface area contributed by atoms with Crippen LogP contribution in [-0.4, -0.2) is 0 Å². The van der Waals surface area contributed by atoms with Crippen LogP contribution in [0.4, 0.5) is 0 Å².